The van der Waals surface area contributed by atoms with Crippen molar-refractivity contribution in [2.45, 2.75) is 9.92 Å². The lowest BCUT2D eigenvalue weighted by Crippen LogP contribution is -1.97. The third-order valence-corrected chi connectivity index (χ3v) is 3.22. The molecule has 1 heterocycles. The van der Waals surface area contributed by atoms with E-state index in [2.05, 4.69) is 10.2 Å². The van der Waals surface area contributed by atoms with Crippen LogP contribution in [0.2, 0.25) is 0 Å². The molecule has 0 atom stereocenters. The van der Waals surface area contributed by atoms with Crippen molar-refractivity contribution >= 4 is 17.7 Å². The maximum Gasteiger partial charge on any atom is 0.335 e. The van der Waals surface area contributed by atoms with Crippen LogP contribution in [-0.2, 0) is 0 Å². The Labute approximate surface area is 111 Å². The molecule has 0 bridgehead atoms. The van der Waals surface area contributed by atoms with Crippen molar-refractivity contribution < 1.29 is 14.3 Å². The summed E-state index contributed by atoms with van der Waals surface area (Å²) in [6, 6.07) is 6.79. The van der Waals surface area contributed by atoms with Crippen molar-refractivity contribution in [3.05, 3.63) is 47.4 Å². The van der Waals surface area contributed by atoms with Crippen LogP contribution < -0.4 is 0 Å². The second-order valence-corrected chi connectivity index (χ2v) is 4.44. The van der Waals surface area contributed by atoms with Crippen LogP contribution in [0.1, 0.15) is 15.9 Å². The number of nitriles is 1. The summed E-state index contributed by atoms with van der Waals surface area (Å²) in [5.41, 5.74) is 0.214. The average molecular weight is 275 g/mol. The van der Waals surface area contributed by atoms with E-state index in [1.807, 2.05) is 6.07 Å². The van der Waals surface area contributed by atoms with Crippen LogP contribution >= 0.6 is 11.8 Å². The molecule has 1 aromatic carbocycles. The number of carboxylic acids is 1. The number of aromatic carboxylic acids is 1. The third-order valence-electron chi connectivity index (χ3n) is 2.19. The highest BCUT2D eigenvalue weighted by atomic mass is 32.2. The van der Waals surface area contributed by atoms with Crippen molar-refractivity contribution in [3.8, 4) is 6.07 Å². The van der Waals surface area contributed by atoms with Crippen LogP contribution in [0.4, 0.5) is 4.39 Å². The first kappa shape index (κ1) is 13.0. The molecular formula is C12H6FN3O2S. The predicted molar refractivity (Wildman–Crippen MR) is 64.2 cm³/mol. The highest BCUT2D eigenvalue weighted by Crippen LogP contribution is 2.30. The summed E-state index contributed by atoms with van der Waals surface area (Å²) in [6.45, 7) is 0. The maximum atomic E-state index is 13.6. The second-order valence-electron chi connectivity index (χ2n) is 3.41. The van der Waals surface area contributed by atoms with Gasteiger partial charge in [-0.05, 0) is 24.3 Å². The molecule has 0 fully saturated rings. The monoisotopic (exact) mass is 275 g/mol. The minimum Gasteiger partial charge on any atom is -0.478 e. The van der Waals surface area contributed by atoms with Crippen molar-refractivity contribution in [3.63, 3.8) is 0 Å². The standard InChI is InChI=1S/C12H6FN3O2S/c13-9-2-1-7(12(17)18)5-10(9)19-11-8(6-14)3-4-15-16-11/h1-5H,(H,17,18). The van der Waals surface area contributed by atoms with Gasteiger partial charge in [-0.3, -0.25) is 0 Å². The van der Waals surface area contributed by atoms with Crippen LogP contribution in [0.15, 0.2) is 40.4 Å². The molecule has 0 spiro atoms. The van der Waals surface area contributed by atoms with E-state index in [4.69, 9.17) is 10.4 Å². The molecule has 0 saturated carbocycles. The number of halogens is 1. The molecular weight excluding hydrogens is 269 g/mol. The number of hydrogen-bond acceptors (Lipinski definition) is 5. The molecule has 0 unspecified atom stereocenters. The number of carbonyl (C=O) groups is 1. The smallest absolute Gasteiger partial charge is 0.335 e. The van der Waals surface area contributed by atoms with E-state index in [1.54, 1.807) is 0 Å². The molecule has 0 amide bonds. The van der Waals surface area contributed by atoms with Crippen molar-refractivity contribution in [2.75, 3.05) is 0 Å². The molecule has 0 aliphatic carbocycles. The number of nitrogens with zero attached hydrogens (tertiary/aromatic N) is 3. The minimum absolute atomic E-state index is 0.0358. The zero-order chi connectivity index (χ0) is 13.8. The molecule has 2 aromatic rings. The van der Waals surface area contributed by atoms with E-state index >= 15 is 0 Å². The van der Waals surface area contributed by atoms with Gasteiger partial charge in [0.05, 0.1) is 22.2 Å². The fourth-order valence-corrected chi connectivity index (χ4v) is 2.17. The quantitative estimate of drug-likeness (QED) is 0.925. The van der Waals surface area contributed by atoms with Gasteiger partial charge in [0.2, 0.25) is 0 Å². The van der Waals surface area contributed by atoms with Gasteiger partial charge in [0, 0.05) is 0 Å². The first-order valence-electron chi connectivity index (χ1n) is 5.04. The Kier molecular flexibility index (Phi) is 3.73. The van der Waals surface area contributed by atoms with Crippen LogP contribution in [0.3, 0.4) is 0 Å². The molecule has 19 heavy (non-hydrogen) atoms. The van der Waals surface area contributed by atoms with E-state index in [0.717, 1.165) is 17.8 Å². The van der Waals surface area contributed by atoms with Gasteiger partial charge in [-0.15, -0.1) is 5.10 Å². The van der Waals surface area contributed by atoms with Crippen LogP contribution in [0.5, 0.6) is 0 Å². The lowest BCUT2D eigenvalue weighted by atomic mass is 10.2. The Hall–Kier alpha value is -2.46. The Bertz CT molecular complexity index is 685. The van der Waals surface area contributed by atoms with E-state index in [0.29, 0.717) is 0 Å². The number of aromatic nitrogens is 2. The molecule has 0 aliphatic rings. The van der Waals surface area contributed by atoms with Gasteiger partial charge in [0.15, 0.2) is 0 Å². The van der Waals surface area contributed by atoms with E-state index in [1.165, 1.54) is 24.4 Å². The number of benzene rings is 1. The Morgan fingerprint density at radius 2 is 2.21 bits per heavy atom. The fraction of sp³-hybridized carbons (Fsp3) is 0. The lowest BCUT2D eigenvalue weighted by Gasteiger charge is -2.04. The van der Waals surface area contributed by atoms with Gasteiger partial charge in [-0.1, -0.05) is 11.8 Å². The molecule has 94 valence electrons. The maximum absolute atomic E-state index is 13.6. The molecule has 0 saturated heterocycles. The van der Waals surface area contributed by atoms with Crippen LogP contribution in [-0.4, -0.2) is 21.3 Å². The average Bonchev–Trinajstić information content (AvgIpc) is 2.41. The summed E-state index contributed by atoms with van der Waals surface area (Å²) < 4.78 is 13.6. The lowest BCUT2D eigenvalue weighted by molar-refractivity contribution is 0.0696. The molecule has 1 aromatic heterocycles. The summed E-state index contributed by atoms with van der Waals surface area (Å²) in [7, 11) is 0. The summed E-state index contributed by atoms with van der Waals surface area (Å²) in [6.07, 6.45) is 1.35. The number of hydrogen-bond donors (Lipinski definition) is 1. The molecule has 0 aliphatic heterocycles. The Morgan fingerprint density at radius 3 is 2.89 bits per heavy atom. The topological polar surface area (TPSA) is 86.9 Å². The Balaban J connectivity index is 2.41. The molecule has 5 nitrogen and oxygen atoms in total. The number of rotatable bonds is 3. The highest BCUT2D eigenvalue weighted by Gasteiger charge is 2.12. The van der Waals surface area contributed by atoms with Crippen molar-refractivity contribution in [1.82, 2.24) is 10.2 Å². The molecule has 7 heteroatoms. The van der Waals surface area contributed by atoms with Crippen LogP contribution in [0.25, 0.3) is 0 Å². The van der Waals surface area contributed by atoms with E-state index in [-0.39, 0.29) is 21.0 Å². The first-order chi connectivity index (χ1) is 9.11. The summed E-state index contributed by atoms with van der Waals surface area (Å²) in [4.78, 5) is 10.9. The Morgan fingerprint density at radius 1 is 1.42 bits per heavy atom. The molecule has 0 radical (unpaired) electrons. The predicted octanol–water partition coefficient (Wildman–Crippen LogP) is 2.34. The van der Waals surface area contributed by atoms with Crippen molar-refractivity contribution in [1.29, 1.82) is 5.26 Å². The summed E-state index contributed by atoms with van der Waals surface area (Å²) in [5.74, 6) is -1.73. The summed E-state index contributed by atoms with van der Waals surface area (Å²) in [5, 5.41) is 25.3. The van der Waals surface area contributed by atoms with Gasteiger partial charge >= 0.3 is 5.97 Å². The highest BCUT2D eigenvalue weighted by molar-refractivity contribution is 7.99. The van der Waals surface area contributed by atoms with Gasteiger partial charge in [-0.2, -0.15) is 10.4 Å². The zero-order valence-electron chi connectivity index (χ0n) is 9.37. The van der Waals surface area contributed by atoms with Crippen molar-refractivity contribution in [2.24, 2.45) is 0 Å². The largest absolute Gasteiger partial charge is 0.478 e. The van der Waals surface area contributed by atoms with Gasteiger partial charge in [0.1, 0.15) is 16.9 Å². The summed E-state index contributed by atoms with van der Waals surface area (Å²) >= 11 is 0.863. The minimum atomic E-state index is -1.15. The second kappa shape index (κ2) is 5.46. The first-order valence-corrected chi connectivity index (χ1v) is 5.86. The molecule has 1 N–H and O–H groups in total. The fourth-order valence-electron chi connectivity index (χ4n) is 1.30. The van der Waals surface area contributed by atoms with E-state index in [9.17, 15) is 9.18 Å². The van der Waals surface area contributed by atoms with Crippen LogP contribution in [0, 0.1) is 17.1 Å². The third kappa shape index (κ3) is 2.86. The van der Waals surface area contributed by atoms with Gasteiger partial charge in [0.25, 0.3) is 0 Å². The molecule has 2 rings (SSSR count). The van der Waals surface area contributed by atoms with Gasteiger partial charge < -0.3 is 5.11 Å². The van der Waals surface area contributed by atoms with Gasteiger partial charge in [-0.25, -0.2) is 9.18 Å². The number of carboxylic acid groups (broad SMARTS) is 1. The normalized spacial score (nSPS) is 9.89. The van der Waals surface area contributed by atoms with E-state index < -0.39 is 11.8 Å². The SMILES string of the molecule is N#Cc1ccnnc1Sc1cc(C(=O)O)ccc1F. The zero-order valence-corrected chi connectivity index (χ0v) is 10.2.